The van der Waals surface area contributed by atoms with Gasteiger partial charge < -0.3 is 0 Å². The van der Waals surface area contributed by atoms with Crippen molar-refractivity contribution >= 4 is 18.4 Å². The summed E-state index contributed by atoms with van der Waals surface area (Å²) in [5, 5.41) is 7.67. The van der Waals surface area contributed by atoms with E-state index in [2.05, 4.69) is 10.3 Å². The minimum atomic E-state index is -0.431. The van der Waals surface area contributed by atoms with E-state index < -0.39 is 5.82 Å². The monoisotopic (exact) mass is 293 g/mol. The van der Waals surface area contributed by atoms with Crippen LogP contribution in [0.15, 0.2) is 54.6 Å². The summed E-state index contributed by atoms with van der Waals surface area (Å²) in [5.74, 6) is -0.431. The minimum absolute atomic E-state index is 0.162. The fourth-order valence-electron chi connectivity index (χ4n) is 2.08. The lowest BCUT2D eigenvalue weighted by Gasteiger charge is -2.04. The zero-order chi connectivity index (χ0) is 15.4. The molecule has 0 aliphatic heterocycles. The van der Waals surface area contributed by atoms with Crippen molar-refractivity contribution in [3.8, 4) is 5.69 Å². The molecule has 0 aliphatic carbocycles. The molecule has 0 spiro atoms. The van der Waals surface area contributed by atoms with Gasteiger partial charge in [0.2, 0.25) is 0 Å². The Kier molecular flexibility index (Phi) is 3.87. The van der Waals surface area contributed by atoms with Crippen LogP contribution in [0.1, 0.15) is 21.7 Å². The molecule has 22 heavy (non-hydrogen) atoms. The van der Waals surface area contributed by atoms with Crippen LogP contribution in [-0.2, 0) is 0 Å². The summed E-state index contributed by atoms with van der Waals surface area (Å²) in [7, 11) is 0. The van der Waals surface area contributed by atoms with E-state index in [-0.39, 0.29) is 11.4 Å². The second-order valence-corrected chi connectivity index (χ2v) is 4.59. The molecule has 4 nitrogen and oxygen atoms in total. The van der Waals surface area contributed by atoms with E-state index in [0.717, 1.165) is 5.56 Å². The Bertz CT molecular complexity index is 825. The van der Waals surface area contributed by atoms with E-state index >= 15 is 0 Å². The summed E-state index contributed by atoms with van der Waals surface area (Å²) in [6, 6.07) is 15.8. The predicted molar refractivity (Wildman–Crippen MR) is 82.1 cm³/mol. The lowest BCUT2D eigenvalue weighted by Crippen LogP contribution is -2.02. The van der Waals surface area contributed by atoms with Crippen molar-refractivity contribution in [2.45, 2.75) is 0 Å². The maximum absolute atomic E-state index is 13.9. The Morgan fingerprint density at radius 3 is 2.41 bits per heavy atom. The van der Waals surface area contributed by atoms with Crippen LogP contribution in [0.2, 0.25) is 0 Å². The fourth-order valence-corrected chi connectivity index (χ4v) is 2.08. The number of carbonyl (C=O) groups excluding carboxylic acids is 1. The molecule has 0 atom stereocenters. The standard InChI is InChI=1S/C17H12FN3O/c18-14-8-4-5-9-16(14)21-17(15(12-22)19-20-21)11-10-13-6-2-1-3-7-13/h1-12H/b11-10+. The van der Waals surface area contributed by atoms with Gasteiger partial charge in [0.1, 0.15) is 11.5 Å². The molecule has 0 saturated heterocycles. The number of nitrogens with zero attached hydrogens (tertiary/aromatic N) is 3. The predicted octanol–water partition coefficient (Wildman–Crippen LogP) is 3.39. The summed E-state index contributed by atoms with van der Waals surface area (Å²) in [6.45, 7) is 0. The topological polar surface area (TPSA) is 47.8 Å². The molecule has 1 heterocycles. The Hall–Kier alpha value is -3.08. The lowest BCUT2D eigenvalue weighted by molar-refractivity contribution is 0.111. The zero-order valence-electron chi connectivity index (χ0n) is 11.6. The number of para-hydroxylation sites is 1. The molecule has 0 radical (unpaired) electrons. The van der Waals surface area contributed by atoms with Crippen molar-refractivity contribution in [2.24, 2.45) is 0 Å². The first kappa shape index (κ1) is 13.9. The van der Waals surface area contributed by atoms with Crippen LogP contribution in [0.4, 0.5) is 4.39 Å². The van der Waals surface area contributed by atoms with E-state index in [1.807, 2.05) is 36.4 Å². The minimum Gasteiger partial charge on any atom is -0.296 e. The highest BCUT2D eigenvalue weighted by atomic mass is 19.1. The third kappa shape index (κ3) is 2.69. The van der Waals surface area contributed by atoms with Crippen molar-refractivity contribution in [3.63, 3.8) is 0 Å². The number of aromatic nitrogens is 3. The number of carbonyl (C=O) groups is 1. The molecule has 2 aromatic carbocycles. The van der Waals surface area contributed by atoms with Crippen molar-refractivity contribution in [1.29, 1.82) is 0 Å². The van der Waals surface area contributed by atoms with Crippen LogP contribution in [0, 0.1) is 5.82 Å². The SMILES string of the molecule is O=Cc1nnn(-c2ccccc2F)c1/C=C/c1ccccc1. The maximum Gasteiger partial charge on any atom is 0.172 e. The van der Waals surface area contributed by atoms with Gasteiger partial charge in [0, 0.05) is 0 Å². The third-order valence-corrected chi connectivity index (χ3v) is 3.16. The molecule has 0 saturated carbocycles. The molecule has 1 aromatic heterocycles. The third-order valence-electron chi connectivity index (χ3n) is 3.16. The second-order valence-electron chi connectivity index (χ2n) is 4.59. The van der Waals surface area contributed by atoms with Gasteiger partial charge in [0.25, 0.3) is 0 Å². The number of halogens is 1. The molecule has 3 aromatic rings. The summed E-state index contributed by atoms with van der Waals surface area (Å²) in [6.07, 6.45) is 4.13. The van der Waals surface area contributed by atoms with Gasteiger partial charge in [0.15, 0.2) is 12.0 Å². The first-order valence-corrected chi connectivity index (χ1v) is 6.68. The van der Waals surface area contributed by atoms with Gasteiger partial charge in [-0.25, -0.2) is 9.07 Å². The van der Waals surface area contributed by atoms with Gasteiger partial charge in [-0.05, 0) is 23.8 Å². The molecule has 5 heteroatoms. The number of rotatable bonds is 4. The molecule has 108 valence electrons. The summed E-state index contributed by atoms with van der Waals surface area (Å²) in [4.78, 5) is 11.1. The normalized spacial score (nSPS) is 11.0. The van der Waals surface area contributed by atoms with Gasteiger partial charge in [-0.1, -0.05) is 53.8 Å². The van der Waals surface area contributed by atoms with E-state index in [1.54, 1.807) is 24.3 Å². The summed E-state index contributed by atoms with van der Waals surface area (Å²) in [5.41, 5.74) is 1.80. The summed E-state index contributed by atoms with van der Waals surface area (Å²) < 4.78 is 15.2. The molecule has 3 rings (SSSR count). The van der Waals surface area contributed by atoms with Crippen molar-refractivity contribution in [2.75, 3.05) is 0 Å². The molecule has 0 bridgehead atoms. The van der Waals surface area contributed by atoms with Crippen molar-refractivity contribution < 1.29 is 9.18 Å². The van der Waals surface area contributed by atoms with E-state index in [4.69, 9.17) is 0 Å². The van der Waals surface area contributed by atoms with E-state index in [9.17, 15) is 9.18 Å². The van der Waals surface area contributed by atoms with Crippen LogP contribution in [-0.4, -0.2) is 21.3 Å². The highest BCUT2D eigenvalue weighted by Crippen LogP contribution is 2.17. The first-order chi connectivity index (χ1) is 10.8. The molecule has 0 N–H and O–H groups in total. The lowest BCUT2D eigenvalue weighted by atomic mass is 10.2. The smallest absolute Gasteiger partial charge is 0.172 e. The van der Waals surface area contributed by atoms with Gasteiger partial charge >= 0.3 is 0 Å². The number of benzene rings is 2. The molecular weight excluding hydrogens is 281 g/mol. The average Bonchev–Trinajstić information content (AvgIpc) is 2.97. The van der Waals surface area contributed by atoms with Gasteiger partial charge in [-0.2, -0.15) is 0 Å². The maximum atomic E-state index is 13.9. The quantitative estimate of drug-likeness (QED) is 0.693. The molecular formula is C17H12FN3O. The number of aldehydes is 1. The molecule has 0 fully saturated rings. The Balaban J connectivity index is 2.07. The van der Waals surface area contributed by atoms with Crippen LogP contribution >= 0.6 is 0 Å². The first-order valence-electron chi connectivity index (χ1n) is 6.68. The molecule has 0 amide bonds. The van der Waals surface area contributed by atoms with Crippen LogP contribution in [0.25, 0.3) is 17.8 Å². The Morgan fingerprint density at radius 2 is 1.68 bits per heavy atom. The average molecular weight is 293 g/mol. The Morgan fingerprint density at radius 1 is 0.955 bits per heavy atom. The van der Waals surface area contributed by atoms with Crippen LogP contribution in [0.3, 0.4) is 0 Å². The van der Waals surface area contributed by atoms with Crippen LogP contribution in [0.5, 0.6) is 0 Å². The van der Waals surface area contributed by atoms with Gasteiger partial charge in [-0.15, -0.1) is 5.10 Å². The zero-order valence-corrected chi connectivity index (χ0v) is 11.6. The largest absolute Gasteiger partial charge is 0.296 e. The van der Waals surface area contributed by atoms with Crippen molar-refractivity contribution in [1.82, 2.24) is 15.0 Å². The van der Waals surface area contributed by atoms with E-state index in [1.165, 1.54) is 10.7 Å². The fraction of sp³-hybridized carbons (Fsp3) is 0. The van der Waals surface area contributed by atoms with Crippen LogP contribution < -0.4 is 0 Å². The molecule has 0 unspecified atom stereocenters. The highest BCUT2D eigenvalue weighted by molar-refractivity contribution is 5.81. The Labute approximate surface area is 126 Å². The van der Waals surface area contributed by atoms with Gasteiger partial charge in [0.05, 0.1) is 5.69 Å². The number of hydrogen-bond donors (Lipinski definition) is 0. The van der Waals surface area contributed by atoms with Crippen molar-refractivity contribution in [3.05, 3.63) is 77.4 Å². The molecule has 0 aliphatic rings. The van der Waals surface area contributed by atoms with E-state index in [0.29, 0.717) is 12.0 Å². The summed E-state index contributed by atoms with van der Waals surface area (Å²) >= 11 is 0. The highest BCUT2D eigenvalue weighted by Gasteiger charge is 2.13. The second kappa shape index (κ2) is 6.13. The van der Waals surface area contributed by atoms with Gasteiger partial charge in [-0.3, -0.25) is 4.79 Å². The number of hydrogen-bond acceptors (Lipinski definition) is 3.